The molecule has 24 heavy (non-hydrogen) atoms. The van der Waals surface area contributed by atoms with Gasteiger partial charge in [0, 0.05) is 17.8 Å². The van der Waals surface area contributed by atoms with Gasteiger partial charge in [-0.3, -0.25) is 4.79 Å². The zero-order chi connectivity index (χ0) is 16.9. The number of hydrogen-bond acceptors (Lipinski definition) is 4. The Morgan fingerprint density at radius 1 is 1.29 bits per heavy atom. The third-order valence-electron chi connectivity index (χ3n) is 7.86. The van der Waals surface area contributed by atoms with Crippen LogP contribution in [0.25, 0.3) is 0 Å². The molecule has 4 nitrogen and oxygen atoms in total. The van der Waals surface area contributed by atoms with Gasteiger partial charge in [-0.05, 0) is 49.2 Å². The molecule has 5 rings (SSSR count). The quantitative estimate of drug-likeness (QED) is 0.715. The highest BCUT2D eigenvalue weighted by Crippen LogP contribution is 2.65. The summed E-state index contributed by atoms with van der Waals surface area (Å²) in [5, 5.41) is 21.0. The third-order valence-corrected chi connectivity index (χ3v) is 7.86. The van der Waals surface area contributed by atoms with Crippen LogP contribution in [0, 0.1) is 17.3 Å². The Bertz CT molecular complexity index is 694. The summed E-state index contributed by atoms with van der Waals surface area (Å²) in [5.74, 6) is 0.635. The molecule has 0 amide bonds. The Morgan fingerprint density at radius 3 is 2.88 bits per heavy atom. The van der Waals surface area contributed by atoms with Gasteiger partial charge in [-0.25, -0.2) is 0 Å². The average molecular weight is 330 g/mol. The SMILES string of the molecule is C[C@H]1C[C@@]23CCC4(O2)C(=CC[C@]2(C)C(=O)CC[C@@H]42)C=C3[C@@H](O)[C@@H]1O. The first-order chi connectivity index (χ1) is 11.3. The number of aliphatic hydroxyl groups excluding tert-OH is 2. The summed E-state index contributed by atoms with van der Waals surface area (Å²) >= 11 is 0. The second-order valence-corrected chi connectivity index (χ2v) is 9.00. The molecule has 2 saturated carbocycles. The monoisotopic (exact) mass is 330 g/mol. The van der Waals surface area contributed by atoms with Crippen molar-refractivity contribution >= 4 is 5.78 Å². The lowest BCUT2D eigenvalue weighted by molar-refractivity contribution is -0.164. The van der Waals surface area contributed by atoms with Crippen molar-refractivity contribution in [1.29, 1.82) is 0 Å². The maximum absolute atomic E-state index is 12.5. The van der Waals surface area contributed by atoms with Crippen LogP contribution in [0.3, 0.4) is 0 Å². The Labute approximate surface area is 142 Å². The molecule has 5 aliphatic rings. The van der Waals surface area contributed by atoms with E-state index in [0.29, 0.717) is 12.2 Å². The van der Waals surface area contributed by atoms with Gasteiger partial charge in [0.1, 0.15) is 11.9 Å². The number of hydrogen-bond donors (Lipinski definition) is 2. The minimum Gasteiger partial charge on any atom is -0.390 e. The van der Waals surface area contributed by atoms with Crippen molar-refractivity contribution in [2.75, 3.05) is 0 Å². The van der Waals surface area contributed by atoms with E-state index in [-0.39, 0.29) is 22.9 Å². The van der Waals surface area contributed by atoms with Gasteiger partial charge >= 0.3 is 0 Å². The summed E-state index contributed by atoms with van der Waals surface area (Å²) in [6.45, 7) is 4.11. The Kier molecular flexibility index (Phi) is 2.81. The number of carbonyl (C=O) groups excluding carboxylic acids is 1. The van der Waals surface area contributed by atoms with E-state index in [4.69, 9.17) is 4.74 Å². The van der Waals surface area contributed by atoms with Gasteiger partial charge in [0.2, 0.25) is 0 Å². The Hall–Kier alpha value is -0.970. The van der Waals surface area contributed by atoms with Crippen LogP contribution in [0.1, 0.15) is 52.4 Å². The average Bonchev–Trinajstić information content (AvgIpc) is 3.02. The maximum atomic E-state index is 12.5. The highest BCUT2D eigenvalue weighted by molar-refractivity contribution is 5.88. The molecular weight excluding hydrogens is 304 g/mol. The third kappa shape index (κ3) is 1.54. The second kappa shape index (κ2) is 4.40. The van der Waals surface area contributed by atoms with E-state index in [1.807, 2.05) is 6.92 Å². The molecule has 3 aliphatic carbocycles. The van der Waals surface area contributed by atoms with Crippen LogP contribution < -0.4 is 0 Å². The summed E-state index contributed by atoms with van der Waals surface area (Å²) in [6.07, 6.45) is 7.60. The van der Waals surface area contributed by atoms with Gasteiger partial charge in [-0.2, -0.15) is 0 Å². The number of aliphatic hydroxyl groups is 2. The van der Waals surface area contributed by atoms with E-state index in [2.05, 4.69) is 19.1 Å². The smallest absolute Gasteiger partial charge is 0.139 e. The number of ketones is 1. The molecule has 2 N–H and O–H groups in total. The normalized spacial score (nSPS) is 55.4. The zero-order valence-corrected chi connectivity index (χ0v) is 14.4. The van der Waals surface area contributed by atoms with Gasteiger partial charge in [-0.1, -0.05) is 26.0 Å². The molecule has 2 heterocycles. The van der Waals surface area contributed by atoms with Crippen molar-refractivity contribution < 1.29 is 19.7 Å². The lowest BCUT2D eigenvalue weighted by Gasteiger charge is -2.54. The second-order valence-electron chi connectivity index (χ2n) is 9.00. The van der Waals surface area contributed by atoms with E-state index in [1.54, 1.807) is 0 Å². The molecule has 0 radical (unpaired) electrons. The minimum absolute atomic E-state index is 0.0120. The predicted molar refractivity (Wildman–Crippen MR) is 88.2 cm³/mol. The van der Waals surface area contributed by atoms with Crippen molar-refractivity contribution in [3.05, 3.63) is 23.3 Å². The van der Waals surface area contributed by atoms with Gasteiger partial charge in [0.15, 0.2) is 0 Å². The van der Waals surface area contributed by atoms with Crippen molar-refractivity contribution in [2.24, 2.45) is 17.3 Å². The number of ether oxygens (including phenoxy) is 1. The first-order valence-electron chi connectivity index (χ1n) is 9.35. The summed E-state index contributed by atoms with van der Waals surface area (Å²) in [7, 11) is 0. The highest BCUT2D eigenvalue weighted by atomic mass is 16.5. The summed E-state index contributed by atoms with van der Waals surface area (Å²) < 4.78 is 6.84. The molecule has 0 aromatic carbocycles. The van der Waals surface area contributed by atoms with Crippen LogP contribution in [-0.4, -0.2) is 39.4 Å². The van der Waals surface area contributed by atoms with Crippen LogP contribution in [0.2, 0.25) is 0 Å². The molecule has 1 saturated heterocycles. The molecule has 0 aromatic heterocycles. The Morgan fingerprint density at radius 2 is 2.08 bits per heavy atom. The molecule has 1 unspecified atom stereocenters. The van der Waals surface area contributed by atoms with E-state index in [1.165, 1.54) is 0 Å². The van der Waals surface area contributed by atoms with Crippen molar-refractivity contribution in [3.8, 4) is 0 Å². The molecule has 7 atom stereocenters. The predicted octanol–water partition coefficient (Wildman–Crippen LogP) is 2.29. The maximum Gasteiger partial charge on any atom is 0.139 e. The first kappa shape index (κ1) is 15.3. The number of rotatable bonds is 0. The fourth-order valence-corrected chi connectivity index (χ4v) is 6.50. The summed E-state index contributed by atoms with van der Waals surface area (Å²) in [4.78, 5) is 12.5. The van der Waals surface area contributed by atoms with E-state index in [0.717, 1.165) is 43.3 Å². The van der Waals surface area contributed by atoms with Crippen LogP contribution in [0.5, 0.6) is 0 Å². The molecule has 4 heteroatoms. The first-order valence-corrected chi connectivity index (χ1v) is 9.35. The zero-order valence-electron chi connectivity index (χ0n) is 14.4. The fraction of sp³-hybridized carbons (Fsp3) is 0.750. The van der Waals surface area contributed by atoms with Crippen LogP contribution >= 0.6 is 0 Å². The number of Topliss-reactive ketones (excluding diaryl/α,β-unsaturated/α-hetero) is 1. The van der Waals surface area contributed by atoms with Crippen molar-refractivity contribution in [3.63, 3.8) is 0 Å². The van der Waals surface area contributed by atoms with Gasteiger partial charge in [-0.15, -0.1) is 0 Å². The van der Waals surface area contributed by atoms with Crippen molar-refractivity contribution in [2.45, 2.75) is 75.8 Å². The van der Waals surface area contributed by atoms with E-state index in [9.17, 15) is 15.0 Å². The van der Waals surface area contributed by atoms with Crippen LogP contribution in [0.15, 0.2) is 23.3 Å². The van der Waals surface area contributed by atoms with Gasteiger partial charge < -0.3 is 14.9 Å². The molecule has 2 aliphatic heterocycles. The molecule has 0 aromatic rings. The number of carbonyl (C=O) groups is 1. The molecule has 130 valence electrons. The Balaban J connectivity index is 1.67. The lowest BCUT2D eigenvalue weighted by atomic mass is 9.60. The van der Waals surface area contributed by atoms with Gasteiger partial charge in [0.05, 0.1) is 17.3 Å². The van der Waals surface area contributed by atoms with Crippen LogP contribution in [0.4, 0.5) is 0 Å². The highest BCUT2D eigenvalue weighted by Gasteiger charge is 2.67. The molecule has 3 fully saturated rings. The molecular formula is C20H26O4. The number of allylic oxidation sites excluding steroid dienone is 1. The number of fused-ring (bicyclic) bond motifs is 1. The minimum atomic E-state index is -0.843. The lowest BCUT2D eigenvalue weighted by Crippen LogP contribution is -2.58. The van der Waals surface area contributed by atoms with E-state index >= 15 is 0 Å². The topological polar surface area (TPSA) is 66.8 Å². The largest absolute Gasteiger partial charge is 0.390 e. The standard InChI is InChI=1S/C20H26O4/c1-11-10-19-7-8-20(24-19)12(9-13(19)17(23)16(11)22)5-6-18(2)14(20)3-4-15(18)21/h5,9,11,14,16-17,22-23H,3-4,6-8,10H2,1-2H3/t11-,14+,16+,17+,18-,19+,20?/m0/s1. The fourth-order valence-electron chi connectivity index (χ4n) is 6.50. The molecule has 2 bridgehead atoms. The summed E-state index contributed by atoms with van der Waals surface area (Å²) in [6, 6.07) is 0. The summed E-state index contributed by atoms with van der Waals surface area (Å²) in [5.41, 5.74) is 0.909. The van der Waals surface area contributed by atoms with E-state index < -0.39 is 17.8 Å². The van der Waals surface area contributed by atoms with Gasteiger partial charge in [0.25, 0.3) is 0 Å². The van der Waals surface area contributed by atoms with Crippen LogP contribution in [-0.2, 0) is 9.53 Å². The van der Waals surface area contributed by atoms with Crippen molar-refractivity contribution in [1.82, 2.24) is 0 Å². The molecule has 2 spiro atoms.